The summed E-state index contributed by atoms with van der Waals surface area (Å²) in [4.78, 5) is 9.62. The van der Waals surface area contributed by atoms with Crippen LogP contribution in [0.15, 0.2) is 146 Å². The van der Waals surface area contributed by atoms with E-state index in [0.717, 1.165) is 78.5 Å². The van der Waals surface area contributed by atoms with Gasteiger partial charge >= 0.3 is 40.8 Å². The second kappa shape index (κ2) is 60.8. The Kier molecular flexibility index (Phi) is 70.0. The number of nitrogens with zero attached hydrogens (tertiary/aromatic N) is 4. The van der Waals surface area contributed by atoms with Gasteiger partial charge in [-0.25, -0.2) is 0 Å². The van der Waals surface area contributed by atoms with E-state index in [0.29, 0.717) is 0 Å². The SMILES string of the molecule is C1#CCN(Cc2ccccc2)CCN(Cc2ccccc2)CC#C/C=C\1.C1#CCN(Cc2ccccc2)CCN(Cc2ccccc2)CC#C/C=C\1.ClCCl.ClCCl.ClCCl.ClCCl.[Cl-].[Cl-].[Cl-].[Cl-].[Pd+2].[Pd+2]. The third-order valence-corrected chi connectivity index (χ3v) is 8.58. The smallest absolute Gasteiger partial charge is 1.00 e. The molecule has 0 atom stereocenters. The van der Waals surface area contributed by atoms with Gasteiger partial charge in [-0.05, 0) is 46.6 Å². The summed E-state index contributed by atoms with van der Waals surface area (Å²) in [6, 6.07) is 42.4. The van der Waals surface area contributed by atoms with Gasteiger partial charge in [-0.3, -0.25) is 19.6 Å². The zero-order valence-electron chi connectivity index (χ0n) is 38.1. The van der Waals surface area contributed by atoms with Gasteiger partial charge in [0.15, 0.2) is 0 Å². The Morgan fingerprint density at radius 2 is 0.457 bits per heavy atom. The van der Waals surface area contributed by atoms with Gasteiger partial charge in [0.1, 0.15) is 0 Å². The Hall–Kier alpha value is -0.755. The number of hydrogen-bond donors (Lipinski definition) is 0. The number of rotatable bonds is 8. The third-order valence-electron chi connectivity index (χ3n) is 8.58. The molecule has 0 saturated carbocycles. The molecule has 0 spiro atoms. The Balaban J connectivity index is -0.000000223. The molecule has 4 aromatic rings. The molecular formula is C52H56Cl12N4Pd2. The number of halogens is 12. The van der Waals surface area contributed by atoms with Crippen molar-refractivity contribution in [3.63, 3.8) is 0 Å². The van der Waals surface area contributed by atoms with E-state index in [9.17, 15) is 0 Å². The van der Waals surface area contributed by atoms with E-state index in [4.69, 9.17) is 92.8 Å². The minimum absolute atomic E-state index is 0. The molecule has 2 aliphatic rings. The van der Waals surface area contributed by atoms with E-state index in [1.165, 1.54) is 22.3 Å². The van der Waals surface area contributed by atoms with E-state index in [-0.39, 0.29) is 112 Å². The first-order valence-electron chi connectivity index (χ1n) is 20.2. The molecule has 2 heterocycles. The molecule has 0 saturated heterocycles. The van der Waals surface area contributed by atoms with Crippen LogP contribution in [0.1, 0.15) is 22.3 Å². The molecule has 0 aliphatic carbocycles. The van der Waals surface area contributed by atoms with Crippen molar-refractivity contribution in [2.45, 2.75) is 26.2 Å². The number of allylic oxidation sites excluding steroid dienone is 4. The summed E-state index contributed by atoms with van der Waals surface area (Å²) in [5.74, 6) is 25.3. The van der Waals surface area contributed by atoms with Crippen LogP contribution in [0.4, 0.5) is 0 Å². The fourth-order valence-electron chi connectivity index (χ4n) is 5.82. The van der Waals surface area contributed by atoms with Gasteiger partial charge in [0, 0.05) is 52.4 Å². The second-order valence-corrected chi connectivity index (χ2v) is 16.4. The number of benzene rings is 4. The van der Waals surface area contributed by atoms with Crippen molar-refractivity contribution < 1.29 is 90.5 Å². The van der Waals surface area contributed by atoms with Gasteiger partial charge in [0.25, 0.3) is 0 Å². The van der Waals surface area contributed by atoms with Crippen LogP contribution in [-0.2, 0) is 67.0 Å². The van der Waals surface area contributed by atoms with Gasteiger partial charge in [0.05, 0.1) is 47.5 Å². The van der Waals surface area contributed by atoms with Crippen LogP contribution < -0.4 is 49.6 Å². The second-order valence-electron chi connectivity index (χ2n) is 13.1. The minimum atomic E-state index is 0. The van der Waals surface area contributed by atoms with Crippen molar-refractivity contribution in [2.75, 3.05) is 73.7 Å². The topological polar surface area (TPSA) is 13.0 Å². The maximum atomic E-state index is 4.76. The predicted molar refractivity (Wildman–Crippen MR) is 283 cm³/mol. The molecule has 0 aromatic heterocycles. The third kappa shape index (κ3) is 47.0. The molecule has 6 rings (SSSR count). The van der Waals surface area contributed by atoms with Crippen LogP contribution in [0.3, 0.4) is 0 Å². The van der Waals surface area contributed by atoms with Gasteiger partial charge in [0.2, 0.25) is 0 Å². The van der Waals surface area contributed by atoms with Crippen LogP contribution in [0.25, 0.3) is 0 Å². The normalized spacial score (nSPS) is 13.6. The molecule has 0 amide bonds. The van der Waals surface area contributed by atoms with E-state index < -0.39 is 0 Å². The van der Waals surface area contributed by atoms with Gasteiger partial charge in [-0.1, -0.05) is 169 Å². The van der Waals surface area contributed by atoms with Crippen LogP contribution in [-0.4, -0.2) is 93.3 Å². The fourth-order valence-corrected chi connectivity index (χ4v) is 5.82. The van der Waals surface area contributed by atoms with Crippen molar-refractivity contribution in [2.24, 2.45) is 0 Å². The predicted octanol–water partition coefficient (Wildman–Crippen LogP) is 0.832. The summed E-state index contributed by atoms with van der Waals surface area (Å²) in [5.41, 5.74) is 5.30. The average Bonchev–Trinajstić information content (AvgIpc) is 3.30. The Morgan fingerprint density at radius 1 is 0.300 bits per heavy atom. The number of hydrogen-bond acceptors (Lipinski definition) is 4. The van der Waals surface area contributed by atoms with E-state index in [2.05, 4.69) is 188 Å². The summed E-state index contributed by atoms with van der Waals surface area (Å²) < 4.78 is 0. The zero-order valence-corrected chi connectivity index (χ0v) is 50.3. The molecule has 0 bridgehead atoms. The van der Waals surface area contributed by atoms with Crippen molar-refractivity contribution in [1.29, 1.82) is 0 Å². The van der Waals surface area contributed by atoms with Crippen molar-refractivity contribution in [3.05, 3.63) is 168 Å². The Morgan fingerprint density at radius 3 is 0.614 bits per heavy atom. The van der Waals surface area contributed by atoms with Crippen LogP contribution >= 0.6 is 92.8 Å². The maximum Gasteiger partial charge on any atom is 2.00 e. The van der Waals surface area contributed by atoms with Crippen molar-refractivity contribution in [3.8, 4) is 47.4 Å². The first kappa shape index (κ1) is 80.6. The van der Waals surface area contributed by atoms with Gasteiger partial charge in [-0.2, -0.15) is 0 Å². The Bertz CT molecular complexity index is 1760. The summed E-state index contributed by atoms with van der Waals surface area (Å²) in [7, 11) is 0. The molecule has 0 unspecified atom stereocenters. The molecule has 4 aromatic carbocycles. The molecule has 4 nitrogen and oxygen atoms in total. The van der Waals surface area contributed by atoms with Crippen LogP contribution in [0.2, 0.25) is 0 Å². The van der Waals surface area contributed by atoms with E-state index in [1.54, 1.807) is 0 Å². The quantitative estimate of drug-likeness (QED) is 0.148. The first-order chi connectivity index (χ1) is 31.5. The summed E-state index contributed by atoms with van der Waals surface area (Å²) in [5, 5.41) is 0.778. The summed E-state index contributed by atoms with van der Waals surface area (Å²) in [6.45, 7) is 10.7. The fraction of sp³-hybridized carbons (Fsp3) is 0.308. The van der Waals surface area contributed by atoms with Gasteiger partial charge < -0.3 is 49.6 Å². The first-order valence-corrected chi connectivity index (χ1v) is 24.5. The summed E-state index contributed by atoms with van der Waals surface area (Å²) in [6.07, 6.45) is 7.38. The largest absolute Gasteiger partial charge is 2.00 e. The molecule has 2 aliphatic heterocycles. The molecule has 70 heavy (non-hydrogen) atoms. The van der Waals surface area contributed by atoms with Crippen LogP contribution in [0.5, 0.6) is 0 Å². The molecule has 18 heteroatoms. The van der Waals surface area contributed by atoms with Crippen molar-refractivity contribution >= 4 is 92.8 Å². The van der Waals surface area contributed by atoms with Crippen molar-refractivity contribution in [1.82, 2.24) is 19.6 Å². The van der Waals surface area contributed by atoms with Gasteiger partial charge in [-0.15, -0.1) is 92.8 Å². The zero-order chi connectivity index (χ0) is 46.6. The molecule has 0 N–H and O–H groups in total. The van der Waals surface area contributed by atoms with Crippen LogP contribution in [0, 0.1) is 47.4 Å². The average molecular weight is 1380 g/mol. The monoisotopic (exact) mass is 1370 g/mol. The molecule has 388 valence electrons. The van der Waals surface area contributed by atoms with E-state index in [1.807, 2.05) is 24.3 Å². The maximum absolute atomic E-state index is 4.76. The standard InChI is InChI=1S/2C24H24N2.4CH2Cl2.4ClH.2Pd/c2*1-2-4-12-18-26(22-24-15-9-6-10-16-24)20-19-25(17-11-3-1)21-23-13-7-5-8-14-23;4*2-1-3;;;;;;/h2*1-2,5-10,13-16H,17-22H2;4*1H2;4*1H;;/q;;;;;;;;;;2*+2/p-4/b2*2-1-;;;;;;;;;;. The minimum Gasteiger partial charge on any atom is -1.00 e. The van der Waals surface area contributed by atoms with E-state index >= 15 is 0 Å². The molecule has 0 fully saturated rings. The summed E-state index contributed by atoms with van der Waals surface area (Å²) >= 11 is 38.1. The molecule has 0 radical (unpaired) electrons. The number of alkyl halides is 8. The Labute approximate surface area is 512 Å². The molecular weight excluding hydrogens is 1320 g/mol.